The van der Waals surface area contributed by atoms with Crippen molar-refractivity contribution in [3.63, 3.8) is 0 Å². The van der Waals surface area contributed by atoms with Crippen LogP contribution in [0.25, 0.3) is 5.69 Å². The number of nitrogens with one attached hydrogen (secondary N) is 2. The molecule has 0 radical (unpaired) electrons. The summed E-state index contributed by atoms with van der Waals surface area (Å²) in [5.41, 5.74) is 1.88. The number of hydrogen-bond donors (Lipinski definition) is 2. The molecular formula is C15H17N3O. The molecule has 1 aliphatic heterocycles. The van der Waals surface area contributed by atoms with Gasteiger partial charge in [0.1, 0.15) is 0 Å². The Kier molecular flexibility index (Phi) is 3.33. The lowest BCUT2D eigenvalue weighted by atomic mass is 10.2. The molecule has 2 heterocycles. The topological polar surface area (TPSA) is 46.1 Å². The largest absolute Gasteiger partial charge is 0.325 e. The van der Waals surface area contributed by atoms with E-state index in [0.717, 1.165) is 30.8 Å². The van der Waals surface area contributed by atoms with Gasteiger partial charge in [0.2, 0.25) is 5.91 Å². The molecule has 4 nitrogen and oxygen atoms in total. The molecule has 0 spiro atoms. The quantitative estimate of drug-likeness (QED) is 0.883. The summed E-state index contributed by atoms with van der Waals surface area (Å²) in [5.74, 6) is 0.0576. The van der Waals surface area contributed by atoms with Crippen LogP contribution in [-0.4, -0.2) is 23.1 Å². The Morgan fingerprint density at radius 2 is 2.11 bits per heavy atom. The second kappa shape index (κ2) is 5.28. The zero-order valence-electron chi connectivity index (χ0n) is 10.7. The first kappa shape index (κ1) is 12.0. The Labute approximate surface area is 112 Å². The summed E-state index contributed by atoms with van der Waals surface area (Å²) in [6.07, 6.45) is 5.96. The fourth-order valence-corrected chi connectivity index (χ4v) is 2.39. The van der Waals surface area contributed by atoms with Crippen molar-refractivity contribution in [3.05, 3.63) is 48.8 Å². The number of aromatic nitrogens is 1. The second-order valence-electron chi connectivity index (χ2n) is 4.78. The summed E-state index contributed by atoms with van der Waals surface area (Å²) in [6.45, 7) is 0.932. The van der Waals surface area contributed by atoms with Crippen LogP contribution in [-0.2, 0) is 4.79 Å². The van der Waals surface area contributed by atoms with Crippen LogP contribution < -0.4 is 10.6 Å². The number of nitrogens with zero attached hydrogens (tertiary/aromatic N) is 1. The summed E-state index contributed by atoms with van der Waals surface area (Å²) >= 11 is 0. The van der Waals surface area contributed by atoms with E-state index in [1.165, 1.54) is 0 Å². The van der Waals surface area contributed by atoms with Gasteiger partial charge in [0.15, 0.2) is 0 Å². The maximum atomic E-state index is 12.0. The van der Waals surface area contributed by atoms with Crippen LogP contribution in [0, 0.1) is 0 Å². The number of hydrogen-bond acceptors (Lipinski definition) is 2. The van der Waals surface area contributed by atoms with Gasteiger partial charge in [-0.15, -0.1) is 0 Å². The van der Waals surface area contributed by atoms with Crippen molar-refractivity contribution in [2.45, 2.75) is 18.9 Å². The Morgan fingerprint density at radius 1 is 1.26 bits per heavy atom. The van der Waals surface area contributed by atoms with Crippen molar-refractivity contribution >= 4 is 11.6 Å². The number of carbonyl (C=O) groups is 1. The van der Waals surface area contributed by atoms with Crippen LogP contribution in [0.3, 0.4) is 0 Å². The maximum Gasteiger partial charge on any atom is 0.241 e. The number of anilines is 1. The first-order valence-corrected chi connectivity index (χ1v) is 6.60. The van der Waals surface area contributed by atoms with Gasteiger partial charge in [-0.25, -0.2) is 0 Å². The van der Waals surface area contributed by atoms with Crippen molar-refractivity contribution in [3.8, 4) is 5.69 Å². The molecule has 1 atom stereocenters. The second-order valence-corrected chi connectivity index (χ2v) is 4.78. The number of benzene rings is 1. The third-order valence-corrected chi connectivity index (χ3v) is 3.39. The molecule has 4 heteroatoms. The fourth-order valence-electron chi connectivity index (χ4n) is 2.39. The Hall–Kier alpha value is -2.07. The van der Waals surface area contributed by atoms with Crippen LogP contribution in [0.1, 0.15) is 12.8 Å². The molecule has 98 valence electrons. The zero-order chi connectivity index (χ0) is 13.1. The van der Waals surface area contributed by atoms with Gasteiger partial charge >= 0.3 is 0 Å². The summed E-state index contributed by atoms with van der Waals surface area (Å²) in [4.78, 5) is 12.0. The van der Waals surface area contributed by atoms with Gasteiger partial charge in [0, 0.05) is 23.8 Å². The Morgan fingerprint density at radius 3 is 2.84 bits per heavy atom. The van der Waals surface area contributed by atoms with Crippen molar-refractivity contribution in [2.24, 2.45) is 0 Å². The lowest BCUT2D eigenvalue weighted by Gasteiger charge is -2.12. The van der Waals surface area contributed by atoms with Crippen LogP contribution in [0.2, 0.25) is 0 Å². The molecule has 1 fully saturated rings. The minimum atomic E-state index is -0.0461. The van der Waals surface area contributed by atoms with Crippen molar-refractivity contribution < 1.29 is 4.79 Å². The van der Waals surface area contributed by atoms with Crippen molar-refractivity contribution in [1.29, 1.82) is 0 Å². The van der Waals surface area contributed by atoms with E-state index in [0.29, 0.717) is 0 Å². The van der Waals surface area contributed by atoms with Gasteiger partial charge < -0.3 is 15.2 Å². The molecule has 1 aromatic carbocycles. The molecule has 1 aromatic heterocycles. The van der Waals surface area contributed by atoms with Gasteiger partial charge in [-0.1, -0.05) is 6.07 Å². The predicted molar refractivity (Wildman–Crippen MR) is 75.4 cm³/mol. The highest BCUT2D eigenvalue weighted by Crippen LogP contribution is 2.16. The van der Waals surface area contributed by atoms with Gasteiger partial charge in [-0.2, -0.15) is 0 Å². The lowest BCUT2D eigenvalue weighted by molar-refractivity contribution is -0.117. The highest BCUT2D eigenvalue weighted by atomic mass is 16.2. The molecule has 1 aliphatic rings. The summed E-state index contributed by atoms with van der Waals surface area (Å²) in [6, 6.07) is 11.8. The fraction of sp³-hybridized carbons (Fsp3) is 0.267. The molecule has 3 rings (SSSR count). The Balaban J connectivity index is 1.74. The highest BCUT2D eigenvalue weighted by Gasteiger charge is 2.21. The third-order valence-electron chi connectivity index (χ3n) is 3.39. The SMILES string of the molecule is O=C(Nc1cccc(-n2cccc2)c1)[C@H]1CCCN1. The molecule has 2 aromatic rings. The number of carbonyl (C=O) groups excluding carboxylic acids is 1. The lowest BCUT2D eigenvalue weighted by Crippen LogP contribution is -2.35. The molecule has 0 unspecified atom stereocenters. The van der Waals surface area contributed by atoms with E-state index >= 15 is 0 Å². The molecule has 2 N–H and O–H groups in total. The van der Waals surface area contributed by atoms with E-state index in [1.807, 2.05) is 53.4 Å². The van der Waals surface area contributed by atoms with E-state index in [1.54, 1.807) is 0 Å². The molecule has 1 amide bonds. The van der Waals surface area contributed by atoms with Crippen molar-refractivity contribution in [2.75, 3.05) is 11.9 Å². The molecule has 1 saturated heterocycles. The average Bonchev–Trinajstić information content (AvgIpc) is 3.13. The van der Waals surface area contributed by atoms with E-state index < -0.39 is 0 Å². The van der Waals surface area contributed by atoms with Crippen LogP contribution in [0.4, 0.5) is 5.69 Å². The van der Waals surface area contributed by atoms with Gasteiger partial charge in [0.25, 0.3) is 0 Å². The first-order valence-electron chi connectivity index (χ1n) is 6.60. The molecule has 0 saturated carbocycles. The standard InChI is InChI=1S/C15H17N3O/c19-15(14-7-4-8-16-14)17-12-5-3-6-13(11-12)18-9-1-2-10-18/h1-3,5-6,9-11,14,16H,4,7-8H2,(H,17,19)/t14-/m1/s1. The van der Waals surface area contributed by atoms with Gasteiger partial charge in [-0.05, 0) is 49.7 Å². The maximum absolute atomic E-state index is 12.0. The van der Waals surface area contributed by atoms with E-state index in [4.69, 9.17) is 0 Å². The van der Waals surface area contributed by atoms with Gasteiger partial charge in [0.05, 0.1) is 6.04 Å². The average molecular weight is 255 g/mol. The monoisotopic (exact) mass is 255 g/mol. The van der Waals surface area contributed by atoms with E-state index in [2.05, 4.69) is 10.6 Å². The van der Waals surface area contributed by atoms with Crippen LogP contribution >= 0.6 is 0 Å². The molecule has 0 aliphatic carbocycles. The normalized spacial score (nSPS) is 18.4. The summed E-state index contributed by atoms with van der Waals surface area (Å²) in [5, 5.41) is 6.17. The van der Waals surface area contributed by atoms with E-state index in [-0.39, 0.29) is 11.9 Å². The smallest absolute Gasteiger partial charge is 0.241 e. The zero-order valence-corrected chi connectivity index (χ0v) is 10.7. The molecule has 19 heavy (non-hydrogen) atoms. The van der Waals surface area contributed by atoms with Crippen LogP contribution in [0.15, 0.2) is 48.8 Å². The highest BCUT2D eigenvalue weighted by molar-refractivity contribution is 5.95. The van der Waals surface area contributed by atoms with Crippen molar-refractivity contribution in [1.82, 2.24) is 9.88 Å². The first-order chi connectivity index (χ1) is 9.33. The number of rotatable bonds is 3. The Bertz CT molecular complexity index is 557. The van der Waals surface area contributed by atoms with Crippen LogP contribution in [0.5, 0.6) is 0 Å². The minimum Gasteiger partial charge on any atom is -0.325 e. The van der Waals surface area contributed by atoms with Gasteiger partial charge in [-0.3, -0.25) is 4.79 Å². The summed E-state index contributed by atoms with van der Waals surface area (Å²) < 4.78 is 2.02. The summed E-state index contributed by atoms with van der Waals surface area (Å²) in [7, 11) is 0. The minimum absolute atomic E-state index is 0.0461. The molecular weight excluding hydrogens is 238 g/mol. The number of amides is 1. The predicted octanol–water partition coefficient (Wildman–Crippen LogP) is 2.17. The molecule has 0 bridgehead atoms. The third kappa shape index (κ3) is 2.69. The van der Waals surface area contributed by atoms with E-state index in [9.17, 15) is 4.79 Å².